The Morgan fingerprint density at radius 1 is 1.63 bits per heavy atom. The summed E-state index contributed by atoms with van der Waals surface area (Å²) in [5.74, 6) is -1.03. The van der Waals surface area contributed by atoms with Gasteiger partial charge in [-0.05, 0) is 0 Å². The predicted octanol–water partition coefficient (Wildman–Crippen LogP) is 0.493. The van der Waals surface area contributed by atoms with Crippen molar-refractivity contribution in [2.75, 3.05) is 19.7 Å². The topological polar surface area (TPSA) is 105 Å². The van der Waals surface area contributed by atoms with Gasteiger partial charge in [0.15, 0.2) is 0 Å². The minimum absolute atomic E-state index is 0.0346. The monoisotopic (exact) mass is 267 g/mol. The molecule has 1 aromatic heterocycles. The molecule has 0 unspecified atom stereocenters. The first-order valence-corrected chi connectivity index (χ1v) is 5.57. The molecule has 1 saturated heterocycles. The van der Waals surface area contributed by atoms with Crippen molar-refractivity contribution in [2.45, 2.75) is 6.10 Å². The second kappa shape index (κ2) is 5.42. The number of nitrogens with zero attached hydrogens (tertiary/aromatic N) is 2. The van der Waals surface area contributed by atoms with E-state index in [1.54, 1.807) is 0 Å². The predicted molar refractivity (Wildman–Crippen MR) is 63.1 cm³/mol. The van der Waals surface area contributed by atoms with Crippen molar-refractivity contribution in [3.8, 4) is 5.88 Å². The number of amides is 1. The van der Waals surface area contributed by atoms with Crippen LogP contribution in [0.25, 0.3) is 0 Å². The van der Waals surface area contributed by atoms with E-state index in [4.69, 9.17) is 14.6 Å². The van der Waals surface area contributed by atoms with Crippen LogP contribution in [0, 0.1) is 0 Å². The highest BCUT2D eigenvalue weighted by Crippen LogP contribution is 2.20. The molecule has 2 N–H and O–H groups in total. The standard InChI is InChI=1S/C11H13N3O5/c1-2-3-18-11(17)14-5-7(6-14)19-9-8(10(15)16)4-12-13-9/h2,4,7H,1,3,5-6H2,(H,12,13)(H,15,16). The lowest BCUT2D eigenvalue weighted by molar-refractivity contribution is 0.0116. The highest BCUT2D eigenvalue weighted by atomic mass is 16.6. The fourth-order valence-corrected chi connectivity index (χ4v) is 1.57. The molecule has 0 spiro atoms. The lowest BCUT2D eigenvalue weighted by atomic mass is 10.2. The van der Waals surface area contributed by atoms with E-state index in [0.717, 1.165) is 0 Å². The Kier molecular flexibility index (Phi) is 3.69. The average molecular weight is 267 g/mol. The number of hydrogen-bond acceptors (Lipinski definition) is 5. The lowest BCUT2D eigenvalue weighted by Gasteiger charge is -2.37. The molecule has 1 aromatic rings. The first kappa shape index (κ1) is 12.9. The molecule has 1 aliphatic heterocycles. The van der Waals surface area contributed by atoms with Crippen molar-refractivity contribution in [2.24, 2.45) is 0 Å². The highest BCUT2D eigenvalue weighted by Gasteiger charge is 2.34. The number of aromatic amines is 1. The van der Waals surface area contributed by atoms with E-state index in [1.165, 1.54) is 17.2 Å². The van der Waals surface area contributed by atoms with Crippen LogP contribution in [-0.4, -0.2) is 58.1 Å². The van der Waals surface area contributed by atoms with Crippen molar-refractivity contribution in [1.29, 1.82) is 0 Å². The van der Waals surface area contributed by atoms with Crippen LogP contribution in [0.3, 0.4) is 0 Å². The summed E-state index contributed by atoms with van der Waals surface area (Å²) in [4.78, 5) is 23.7. The number of carboxylic acid groups (broad SMARTS) is 1. The zero-order valence-electron chi connectivity index (χ0n) is 10.0. The number of aromatic nitrogens is 2. The van der Waals surface area contributed by atoms with Gasteiger partial charge in [-0.2, -0.15) is 5.10 Å². The first-order valence-electron chi connectivity index (χ1n) is 5.57. The van der Waals surface area contributed by atoms with E-state index in [0.29, 0.717) is 13.1 Å². The molecule has 1 aliphatic rings. The number of carbonyl (C=O) groups is 2. The van der Waals surface area contributed by atoms with Crippen LogP contribution in [0.4, 0.5) is 4.79 Å². The Hall–Kier alpha value is -2.51. The molecule has 19 heavy (non-hydrogen) atoms. The zero-order chi connectivity index (χ0) is 13.8. The second-order valence-electron chi connectivity index (χ2n) is 3.93. The summed E-state index contributed by atoms with van der Waals surface area (Å²) in [6.07, 6.45) is 1.94. The number of carbonyl (C=O) groups excluding carboxylic acids is 1. The third-order valence-corrected chi connectivity index (χ3v) is 2.55. The van der Waals surface area contributed by atoms with Crippen LogP contribution in [0.5, 0.6) is 5.88 Å². The minimum atomic E-state index is -1.12. The van der Waals surface area contributed by atoms with Crippen molar-refractivity contribution in [3.05, 3.63) is 24.4 Å². The van der Waals surface area contributed by atoms with Crippen molar-refractivity contribution in [1.82, 2.24) is 15.1 Å². The van der Waals surface area contributed by atoms with Crippen LogP contribution in [-0.2, 0) is 4.74 Å². The summed E-state index contributed by atoms with van der Waals surface area (Å²) in [5.41, 5.74) is -0.0346. The number of rotatable bonds is 5. The van der Waals surface area contributed by atoms with Gasteiger partial charge in [0.2, 0.25) is 5.88 Å². The Labute approximate surface area is 108 Å². The molecule has 0 radical (unpaired) electrons. The van der Waals surface area contributed by atoms with Crippen molar-refractivity contribution >= 4 is 12.1 Å². The van der Waals surface area contributed by atoms with E-state index in [1.807, 2.05) is 0 Å². The third-order valence-electron chi connectivity index (χ3n) is 2.55. The van der Waals surface area contributed by atoms with E-state index in [2.05, 4.69) is 16.8 Å². The normalized spacial score (nSPS) is 14.6. The molecule has 1 amide bonds. The maximum absolute atomic E-state index is 11.4. The fourth-order valence-electron chi connectivity index (χ4n) is 1.57. The molecule has 8 heteroatoms. The number of ether oxygens (including phenoxy) is 2. The molecule has 0 saturated carbocycles. The zero-order valence-corrected chi connectivity index (χ0v) is 10.0. The molecule has 102 valence electrons. The van der Waals surface area contributed by atoms with E-state index < -0.39 is 12.1 Å². The third kappa shape index (κ3) is 2.84. The Bertz CT molecular complexity index is 492. The molecule has 8 nitrogen and oxygen atoms in total. The van der Waals surface area contributed by atoms with Gasteiger partial charge in [0, 0.05) is 0 Å². The van der Waals surface area contributed by atoms with Gasteiger partial charge in [-0.1, -0.05) is 12.7 Å². The van der Waals surface area contributed by atoms with Crippen LogP contribution in [0.15, 0.2) is 18.9 Å². The van der Waals surface area contributed by atoms with Gasteiger partial charge in [0.1, 0.15) is 18.3 Å². The van der Waals surface area contributed by atoms with E-state index >= 15 is 0 Å². The van der Waals surface area contributed by atoms with Crippen LogP contribution >= 0.6 is 0 Å². The van der Waals surface area contributed by atoms with Gasteiger partial charge in [0.25, 0.3) is 0 Å². The summed E-state index contributed by atoms with van der Waals surface area (Å²) < 4.78 is 10.2. The largest absolute Gasteiger partial charge is 0.477 e. The Morgan fingerprint density at radius 2 is 2.37 bits per heavy atom. The average Bonchev–Trinajstić information content (AvgIpc) is 2.78. The number of hydrogen-bond donors (Lipinski definition) is 2. The second-order valence-corrected chi connectivity index (χ2v) is 3.93. The smallest absolute Gasteiger partial charge is 0.410 e. The van der Waals surface area contributed by atoms with Gasteiger partial charge in [-0.3, -0.25) is 0 Å². The van der Waals surface area contributed by atoms with Crippen molar-refractivity contribution < 1.29 is 24.2 Å². The number of aromatic carboxylic acids is 1. The summed E-state index contributed by atoms with van der Waals surface area (Å²) in [7, 11) is 0. The number of carboxylic acids is 1. The Morgan fingerprint density at radius 3 is 3.00 bits per heavy atom. The van der Waals surface area contributed by atoms with Crippen LogP contribution in [0.1, 0.15) is 10.4 Å². The van der Waals surface area contributed by atoms with Gasteiger partial charge in [0.05, 0.1) is 19.3 Å². The molecule has 0 bridgehead atoms. The molecule has 0 aliphatic carbocycles. The molecule has 1 fully saturated rings. The minimum Gasteiger partial charge on any atom is -0.477 e. The maximum atomic E-state index is 11.4. The highest BCUT2D eigenvalue weighted by molar-refractivity contribution is 5.89. The Balaban J connectivity index is 1.81. The summed E-state index contributed by atoms with van der Waals surface area (Å²) in [6.45, 7) is 4.28. The number of likely N-dealkylation sites (tertiary alicyclic amines) is 1. The summed E-state index contributed by atoms with van der Waals surface area (Å²) in [5, 5.41) is 14.9. The summed E-state index contributed by atoms with van der Waals surface area (Å²) >= 11 is 0. The van der Waals surface area contributed by atoms with Crippen LogP contribution in [0.2, 0.25) is 0 Å². The molecule has 2 rings (SSSR count). The van der Waals surface area contributed by atoms with Gasteiger partial charge in [-0.15, -0.1) is 0 Å². The van der Waals surface area contributed by atoms with Crippen LogP contribution < -0.4 is 4.74 Å². The van der Waals surface area contributed by atoms with Gasteiger partial charge in [-0.25, -0.2) is 14.7 Å². The SMILES string of the molecule is C=CCOC(=O)N1CC(Oc2[nH]ncc2C(=O)O)C1. The van der Waals surface area contributed by atoms with Crippen molar-refractivity contribution in [3.63, 3.8) is 0 Å². The van der Waals surface area contributed by atoms with E-state index in [9.17, 15) is 9.59 Å². The van der Waals surface area contributed by atoms with E-state index in [-0.39, 0.29) is 24.2 Å². The quantitative estimate of drug-likeness (QED) is 0.752. The van der Waals surface area contributed by atoms with Gasteiger partial charge >= 0.3 is 12.1 Å². The van der Waals surface area contributed by atoms with Gasteiger partial charge < -0.3 is 19.5 Å². The number of nitrogens with one attached hydrogen (secondary N) is 1. The molecular weight excluding hydrogens is 254 g/mol. The maximum Gasteiger partial charge on any atom is 0.410 e. The molecule has 0 aromatic carbocycles. The molecule has 2 heterocycles. The fraction of sp³-hybridized carbons (Fsp3) is 0.364. The first-order chi connectivity index (χ1) is 9.11. The summed E-state index contributed by atoms with van der Waals surface area (Å²) in [6, 6.07) is 0. The lowest BCUT2D eigenvalue weighted by Crippen LogP contribution is -2.56. The molecular formula is C11H13N3O5. The molecule has 0 atom stereocenters. The number of H-pyrrole nitrogens is 1.